The molecular formula is C72H49NSSi. The van der Waals surface area contributed by atoms with Crippen LogP contribution < -0.4 is 25.6 Å². The van der Waals surface area contributed by atoms with Gasteiger partial charge in [0.1, 0.15) is 0 Å². The maximum atomic E-state index is 2.55. The molecule has 3 aliphatic rings. The van der Waals surface area contributed by atoms with Crippen LogP contribution in [0.4, 0.5) is 17.1 Å². The van der Waals surface area contributed by atoms with Crippen LogP contribution in [0.5, 0.6) is 0 Å². The number of hydrogen-bond acceptors (Lipinski definition) is 2. The van der Waals surface area contributed by atoms with E-state index in [4.69, 9.17) is 0 Å². The maximum Gasteiger partial charge on any atom is 0.180 e. The van der Waals surface area contributed by atoms with Crippen molar-refractivity contribution in [2.24, 2.45) is 0 Å². The minimum absolute atomic E-state index is 0.500. The normalized spacial score (nSPS) is 14.7. The van der Waals surface area contributed by atoms with Gasteiger partial charge in [-0.3, -0.25) is 0 Å². The zero-order valence-corrected chi connectivity index (χ0v) is 43.0. The van der Waals surface area contributed by atoms with Crippen LogP contribution in [0, 0.1) is 0 Å². The van der Waals surface area contributed by atoms with Gasteiger partial charge in [0, 0.05) is 26.6 Å². The summed E-state index contributed by atoms with van der Waals surface area (Å²) in [5.41, 5.74) is 15.3. The predicted octanol–water partition coefficient (Wildman–Crippen LogP) is 15.2. The van der Waals surface area contributed by atoms with Gasteiger partial charge >= 0.3 is 0 Å². The number of nitrogens with zero attached hydrogens (tertiary/aromatic N) is 1. The van der Waals surface area contributed by atoms with Crippen molar-refractivity contribution in [2.45, 2.75) is 20.6 Å². The lowest BCUT2D eigenvalue weighted by Gasteiger charge is -2.51. The SMILES string of the molecule is c1ccc(C2(c3ccc(N(c4ccc5c(c4)C4(c6ccccc6S5)c5ccccc5[Si](c5ccccc5)(c5ccccc5)c5ccccc54)c4cccc5ccccc45)cc3)c3ccccc3-c3ccccc32)cc1. The summed E-state index contributed by atoms with van der Waals surface area (Å²) in [5.74, 6) is 0. The van der Waals surface area contributed by atoms with Crippen LogP contribution in [-0.2, 0) is 10.8 Å². The molecule has 3 heteroatoms. The molecule has 0 saturated heterocycles. The van der Waals surface area contributed by atoms with E-state index in [9.17, 15) is 0 Å². The smallest absolute Gasteiger partial charge is 0.180 e. The number of fused-ring (bicyclic) bond motifs is 12. The second-order valence-corrected chi connectivity index (χ2v) is 25.0. The van der Waals surface area contributed by atoms with Gasteiger partial charge in [0.15, 0.2) is 8.07 Å². The van der Waals surface area contributed by atoms with Crippen LogP contribution in [0.1, 0.15) is 44.5 Å². The first-order valence-electron chi connectivity index (χ1n) is 26.1. The lowest BCUT2D eigenvalue weighted by molar-refractivity contribution is 0.707. The van der Waals surface area contributed by atoms with Crippen molar-refractivity contribution in [1.82, 2.24) is 0 Å². The molecule has 0 N–H and O–H groups in total. The molecule has 0 bridgehead atoms. The molecule has 0 fully saturated rings. The Labute approximate surface area is 444 Å². The molecule has 1 aliphatic carbocycles. The van der Waals surface area contributed by atoms with E-state index < -0.39 is 18.9 Å². The summed E-state index contributed by atoms with van der Waals surface area (Å²) < 4.78 is 0. The van der Waals surface area contributed by atoms with E-state index in [1.807, 2.05) is 11.8 Å². The Balaban J connectivity index is 0.995. The number of rotatable bonds is 7. The first-order valence-corrected chi connectivity index (χ1v) is 28.9. The van der Waals surface area contributed by atoms with Crippen LogP contribution >= 0.6 is 11.8 Å². The highest BCUT2D eigenvalue weighted by Crippen LogP contribution is 2.59. The minimum atomic E-state index is -2.91. The molecule has 12 aromatic rings. The van der Waals surface area contributed by atoms with E-state index in [1.54, 1.807) is 0 Å². The highest BCUT2D eigenvalue weighted by molar-refractivity contribution is 7.99. The van der Waals surface area contributed by atoms with Gasteiger partial charge in [0.2, 0.25) is 0 Å². The van der Waals surface area contributed by atoms with Crippen LogP contribution in [0.15, 0.2) is 307 Å². The van der Waals surface area contributed by atoms with E-state index in [-0.39, 0.29) is 0 Å². The average Bonchev–Trinajstić information content (AvgIpc) is 3.82. The molecule has 352 valence electrons. The van der Waals surface area contributed by atoms with E-state index in [0.717, 1.165) is 17.1 Å². The number of hydrogen-bond donors (Lipinski definition) is 0. The van der Waals surface area contributed by atoms with Gasteiger partial charge < -0.3 is 4.90 Å². The van der Waals surface area contributed by atoms with Crippen LogP contribution in [0.3, 0.4) is 0 Å². The summed E-state index contributed by atoms with van der Waals surface area (Å²) >= 11 is 1.90. The van der Waals surface area contributed by atoms with Crippen molar-refractivity contribution >= 4 is 68.4 Å². The summed E-state index contributed by atoms with van der Waals surface area (Å²) in [5, 5.41) is 8.05. The summed E-state index contributed by atoms with van der Waals surface area (Å²) in [6.07, 6.45) is 0. The summed E-state index contributed by atoms with van der Waals surface area (Å²) in [6.45, 7) is 0. The standard InChI is InChI=1S/C72H49NSSi/c1-4-25-51(26-5-1)71(60-34-14-12-32-58(60)59-33-13-15-35-61(59)71)52-43-45-53(46-44-52)73(66-39-22-24-50-23-10-11-31-57(50)66)54-47-48-68-65(49-54)72(62-36-16-19-40-67(62)74-68)63-37-17-20-41-69(63)75(55-27-6-2-7-28-55,56-29-8-3-9-30-56)70-42-21-18-38-64(70)72/h1-49H. The van der Waals surface area contributed by atoms with Gasteiger partial charge in [-0.1, -0.05) is 267 Å². The third kappa shape index (κ3) is 6.14. The highest BCUT2D eigenvalue weighted by Gasteiger charge is 2.57. The van der Waals surface area contributed by atoms with E-state index in [0.29, 0.717) is 0 Å². The van der Waals surface area contributed by atoms with Crippen molar-refractivity contribution in [3.05, 3.63) is 342 Å². The molecule has 0 unspecified atom stereocenters. The second-order valence-electron chi connectivity index (χ2n) is 20.2. The van der Waals surface area contributed by atoms with Crippen LogP contribution in [0.25, 0.3) is 21.9 Å². The highest BCUT2D eigenvalue weighted by atomic mass is 32.2. The summed E-state index contributed by atoms with van der Waals surface area (Å²) in [6, 6.07) is 113. The molecule has 1 nitrogen and oxygen atoms in total. The topological polar surface area (TPSA) is 3.24 Å². The van der Waals surface area contributed by atoms with E-state index >= 15 is 0 Å². The largest absolute Gasteiger partial charge is 0.310 e. The lowest BCUT2D eigenvalue weighted by atomic mass is 9.64. The minimum Gasteiger partial charge on any atom is -0.310 e. The number of benzene rings is 12. The Hall–Kier alpha value is -8.73. The fourth-order valence-electron chi connectivity index (χ4n) is 13.9. The van der Waals surface area contributed by atoms with Crippen molar-refractivity contribution in [2.75, 3.05) is 4.90 Å². The molecule has 0 amide bonds. The Bertz CT molecular complexity index is 4030. The average molecular weight is 988 g/mol. The van der Waals surface area contributed by atoms with Crippen LogP contribution in [0.2, 0.25) is 0 Å². The van der Waals surface area contributed by atoms with Crippen molar-refractivity contribution in [1.29, 1.82) is 0 Å². The van der Waals surface area contributed by atoms with Gasteiger partial charge in [-0.05, 0) is 124 Å². The van der Waals surface area contributed by atoms with Crippen molar-refractivity contribution in [3.8, 4) is 11.1 Å². The lowest BCUT2D eigenvalue weighted by Crippen LogP contribution is -2.79. The zero-order valence-electron chi connectivity index (χ0n) is 41.1. The van der Waals surface area contributed by atoms with Gasteiger partial charge in [0.25, 0.3) is 0 Å². The molecule has 1 spiro atoms. The van der Waals surface area contributed by atoms with Gasteiger partial charge in [-0.25, -0.2) is 0 Å². The molecule has 0 saturated carbocycles. The first-order chi connectivity index (χ1) is 37.2. The third-order valence-electron chi connectivity index (χ3n) is 16.7. The van der Waals surface area contributed by atoms with E-state index in [1.165, 1.54) is 96.9 Å². The molecule has 0 atom stereocenters. The summed E-state index contributed by atoms with van der Waals surface area (Å²) in [4.78, 5) is 5.08. The molecule has 0 radical (unpaired) electrons. The zero-order chi connectivity index (χ0) is 49.6. The predicted molar refractivity (Wildman–Crippen MR) is 316 cm³/mol. The maximum absolute atomic E-state index is 2.91. The Morgan fingerprint density at radius 2 is 0.773 bits per heavy atom. The van der Waals surface area contributed by atoms with Crippen molar-refractivity contribution in [3.63, 3.8) is 0 Å². The molecule has 2 aliphatic heterocycles. The molecule has 75 heavy (non-hydrogen) atoms. The molecule has 15 rings (SSSR count). The quantitative estimate of drug-likeness (QED) is 0.146. The molecule has 12 aromatic carbocycles. The fourth-order valence-corrected chi connectivity index (χ4v) is 20.3. The van der Waals surface area contributed by atoms with Crippen LogP contribution in [-0.4, -0.2) is 8.07 Å². The van der Waals surface area contributed by atoms with Gasteiger partial charge in [-0.2, -0.15) is 0 Å². The monoisotopic (exact) mass is 987 g/mol. The fraction of sp³-hybridized carbons (Fsp3) is 0.0278. The van der Waals surface area contributed by atoms with Crippen molar-refractivity contribution < 1.29 is 0 Å². The Kier molecular flexibility index (Phi) is 10.0. The summed E-state index contributed by atoms with van der Waals surface area (Å²) in [7, 11) is -2.91. The third-order valence-corrected chi connectivity index (χ3v) is 22.8. The number of anilines is 3. The van der Waals surface area contributed by atoms with Gasteiger partial charge in [-0.15, -0.1) is 0 Å². The van der Waals surface area contributed by atoms with Gasteiger partial charge in [0.05, 0.1) is 16.5 Å². The molecular weight excluding hydrogens is 939 g/mol. The first kappa shape index (κ1) is 43.8. The Morgan fingerprint density at radius 3 is 1.41 bits per heavy atom. The second kappa shape index (κ2) is 17.2. The Morgan fingerprint density at radius 1 is 0.307 bits per heavy atom. The van der Waals surface area contributed by atoms with E-state index in [2.05, 4.69) is 302 Å². The molecule has 0 aromatic heterocycles. The molecule has 2 heterocycles.